The van der Waals surface area contributed by atoms with Crippen molar-refractivity contribution in [1.82, 2.24) is 9.97 Å². The van der Waals surface area contributed by atoms with Crippen LogP contribution >= 0.6 is 0 Å². The minimum atomic E-state index is 0.668. The van der Waals surface area contributed by atoms with E-state index in [0.29, 0.717) is 5.71 Å². The van der Waals surface area contributed by atoms with Crippen LogP contribution in [0.2, 0.25) is 0 Å². The van der Waals surface area contributed by atoms with Crippen LogP contribution in [0.15, 0.2) is 108 Å². The predicted octanol–water partition coefficient (Wildman–Crippen LogP) is 7.61. The maximum Gasteiger partial charge on any atom is 0.227 e. The Morgan fingerprint density at radius 3 is 2.33 bits per heavy atom. The van der Waals surface area contributed by atoms with Gasteiger partial charge in [0.25, 0.3) is 0 Å². The molecule has 0 bridgehead atoms. The Kier molecular flexibility index (Phi) is 4.73. The van der Waals surface area contributed by atoms with Gasteiger partial charge in [0.15, 0.2) is 0 Å². The Balaban J connectivity index is 1.47. The van der Waals surface area contributed by atoms with Gasteiger partial charge in [0.2, 0.25) is 5.71 Å². The molecule has 3 aromatic heterocycles. The van der Waals surface area contributed by atoms with Gasteiger partial charge in [0, 0.05) is 34.6 Å². The monoisotopic (exact) mass is 426 g/mol. The molecule has 158 valence electrons. The second-order valence-electron chi connectivity index (χ2n) is 8.35. The summed E-state index contributed by atoms with van der Waals surface area (Å²) in [6.45, 7) is 2.10. The van der Waals surface area contributed by atoms with Gasteiger partial charge in [0.05, 0.1) is 5.69 Å². The largest absolute Gasteiger partial charge is 0.437 e. The van der Waals surface area contributed by atoms with Gasteiger partial charge in [-0.3, -0.25) is 4.98 Å². The summed E-state index contributed by atoms with van der Waals surface area (Å²) >= 11 is 0. The Morgan fingerprint density at radius 2 is 1.52 bits per heavy atom. The second-order valence-corrected chi connectivity index (χ2v) is 8.35. The molecule has 3 heteroatoms. The summed E-state index contributed by atoms with van der Waals surface area (Å²) in [5.74, 6) is 0. The summed E-state index contributed by atoms with van der Waals surface area (Å²) in [5, 5.41) is 2.09. The first kappa shape index (κ1) is 19.4. The molecule has 0 unspecified atom stereocenters. The molecule has 3 heterocycles. The lowest BCUT2D eigenvalue weighted by Crippen LogP contribution is -1.91. The zero-order chi connectivity index (χ0) is 22.2. The molecule has 0 fully saturated rings. The first-order valence-electron chi connectivity index (χ1n) is 11.1. The number of hydrogen-bond donors (Lipinski definition) is 0. The van der Waals surface area contributed by atoms with E-state index in [4.69, 9.17) is 14.4 Å². The van der Waals surface area contributed by atoms with Gasteiger partial charge in [-0.2, -0.15) is 0 Å². The maximum atomic E-state index is 6.34. The third-order valence-corrected chi connectivity index (χ3v) is 6.11. The Hall–Kier alpha value is -4.24. The number of para-hydroxylation sites is 1. The average molecular weight is 427 g/mol. The normalized spacial score (nSPS) is 11.3. The fourth-order valence-electron chi connectivity index (χ4n) is 4.42. The number of aromatic nitrogens is 2. The van der Waals surface area contributed by atoms with Crippen LogP contribution in [-0.2, 0) is 6.42 Å². The van der Waals surface area contributed by atoms with Crippen LogP contribution in [-0.4, -0.2) is 9.97 Å². The lowest BCUT2D eigenvalue weighted by Gasteiger charge is -2.09. The fourth-order valence-corrected chi connectivity index (χ4v) is 4.42. The van der Waals surface area contributed by atoms with E-state index in [1.807, 2.05) is 18.3 Å². The zero-order valence-corrected chi connectivity index (χ0v) is 18.3. The summed E-state index contributed by atoms with van der Waals surface area (Å²) in [6.07, 6.45) is 2.72. The molecule has 0 N–H and O–H groups in total. The summed E-state index contributed by atoms with van der Waals surface area (Å²) in [6, 6.07) is 33.4. The highest BCUT2D eigenvalue weighted by Gasteiger charge is 2.15. The van der Waals surface area contributed by atoms with Crippen LogP contribution < -0.4 is 0 Å². The molecule has 0 spiro atoms. The molecule has 0 aliphatic rings. The van der Waals surface area contributed by atoms with Gasteiger partial charge in [-0.15, -0.1) is 0 Å². The Labute approximate surface area is 192 Å². The van der Waals surface area contributed by atoms with Crippen molar-refractivity contribution in [3.05, 3.63) is 120 Å². The van der Waals surface area contributed by atoms with Crippen LogP contribution in [0.25, 0.3) is 44.5 Å². The standard InChI is InChI=1S/C30H22N2O/c1-20-19-31-28(18-27(20)22-11-6-3-7-12-22)26-14-8-13-24-25-16-15-23(32-30(25)33-29(24)26)17-21-9-4-2-5-10-21/h2-16,18-19H,17H2,1H3. The molecule has 3 aromatic carbocycles. The van der Waals surface area contributed by atoms with Crippen LogP contribution in [0, 0.1) is 6.92 Å². The van der Waals surface area contributed by atoms with Gasteiger partial charge in [0.1, 0.15) is 5.58 Å². The van der Waals surface area contributed by atoms with Crippen LogP contribution in [0.3, 0.4) is 0 Å². The van der Waals surface area contributed by atoms with E-state index in [1.54, 1.807) is 0 Å². The van der Waals surface area contributed by atoms with Gasteiger partial charge in [-0.1, -0.05) is 72.8 Å². The fraction of sp³-hybridized carbons (Fsp3) is 0.0667. The number of hydrogen-bond acceptors (Lipinski definition) is 3. The van der Waals surface area contributed by atoms with E-state index in [-0.39, 0.29) is 0 Å². The van der Waals surface area contributed by atoms with Crippen LogP contribution in [0.1, 0.15) is 16.8 Å². The van der Waals surface area contributed by atoms with Crippen molar-refractivity contribution in [2.75, 3.05) is 0 Å². The molecule has 0 atom stereocenters. The Bertz CT molecular complexity index is 1580. The smallest absolute Gasteiger partial charge is 0.227 e. The lowest BCUT2D eigenvalue weighted by molar-refractivity contribution is 0.652. The van der Waals surface area contributed by atoms with Crippen molar-refractivity contribution in [3.8, 4) is 22.4 Å². The molecule has 3 nitrogen and oxygen atoms in total. The summed E-state index contributed by atoms with van der Waals surface area (Å²) in [5.41, 5.74) is 9.11. The van der Waals surface area contributed by atoms with Gasteiger partial charge >= 0.3 is 0 Å². The second kappa shape index (κ2) is 8.03. The molecule has 33 heavy (non-hydrogen) atoms. The first-order valence-corrected chi connectivity index (χ1v) is 11.1. The number of aryl methyl sites for hydroxylation is 1. The number of rotatable bonds is 4. The third kappa shape index (κ3) is 3.58. The SMILES string of the molecule is Cc1cnc(-c2cccc3c2oc2nc(Cc4ccccc4)ccc23)cc1-c1ccccc1. The molecule has 0 amide bonds. The van der Waals surface area contributed by atoms with Crippen molar-refractivity contribution in [2.45, 2.75) is 13.3 Å². The summed E-state index contributed by atoms with van der Waals surface area (Å²) in [7, 11) is 0. The van der Waals surface area contributed by atoms with Gasteiger partial charge in [-0.25, -0.2) is 4.98 Å². The van der Waals surface area contributed by atoms with E-state index in [9.17, 15) is 0 Å². The molecule has 0 aliphatic carbocycles. The van der Waals surface area contributed by atoms with E-state index >= 15 is 0 Å². The van der Waals surface area contributed by atoms with Crippen molar-refractivity contribution >= 4 is 22.1 Å². The maximum absolute atomic E-state index is 6.34. The quantitative estimate of drug-likeness (QED) is 0.291. The molecule has 0 saturated heterocycles. The molecule has 0 radical (unpaired) electrons. The number of furan rings is 1. The Morgan fingerprint density at radius 1 is 0.727 bits per heavy atom. The van der Waals surface area contributed by atoms with E-state index in [0.717, 1.165) is 45.3 Å². The third-order valence-electron chi connectivity index (χ3n) is 6.11. The summed E-state index contributed by atoms with van der Waals surface area (Å²) < 4.78 is 6.34. The van der Waals surface area contributed by atoms with E-state index < -0.39 is 0 Å². The lowest BCUT2D eigenvalue weighted by atomic mass is 9.99. The number of benzene rings is 3. The van der Waals surface area contributed by atoms with Crippen molar-refractivity contribution in [3.63, 3.8) is 0 Å². The minimum Gasteiger partial charge on any atom is -0.437 e. The molecular formula is C30H22N2O. The molecule has 0 aliphatic heterocycles. The van der Waals surface area contributed by atoms with Crippen molar-refractivity contribution in [1.29, 1.82) is 0 Å². The van der Waals surface area contributed by atoms with E-state index in [1.165, 1.54) is 16.7 Å². The van der Waals surface area contributed by atoms with Crippen molar-refractivity contribution in [2.24, 2.45) is 0 Å². The van der Waals surface area contributed by atoms with E-state index in [2.05, 4.69) is 91.9 Å². The number of fused-ring (bicyclic) bond motifs is 3. The van der Waals surface area contributed by atoms with Crippen molar-refractivity contribution < 1.29 is 4.42 Å². The highest BCUT2D eigenvalue weighted by Crippen LogP contribution is 2.36. The molecule has 6 aromatic rings. The number of pyridine rings is 2. The van der Waals surface area contributed by atoms with Crippen LogP contribution in [0.4, 0.5) is 0 Å². The minimum absolute atomic E-state index is 0.668. The predicted molar refractivity (Wildman–Crippen MR) is 134 cm³/mol. The molecule has 6 rings (SSSR count). The van der Waals surface area contributed by atoms with Gasteiger partial charge < -0.3 is 4.42 Å². The topological polar surface area (TPSA) is 38.9 Å². The first-order chi connectivity index (χ1) is 16.3. The molecular weight excluding hydrogens is 404 g/mol. The average Bonchev–Trinajstić information content (AvgIpc) is 3.23. The van der Waals surface area contributed by atoms with Crippen LogP contribution in [0.5, 0.6) is 0 Å². The van der Waals surface area contributed by atoms with Gasteiger partial charge in [-0.05, 0) is 53.4 Å². The highest BCUT2D eigenvalue weighted by atomic mass is 16.3. The summed E-state index contributed by atoms with van der Waals surface area (Å²) in [4.78, 5) is 9.58. The molecule has 0 saturated carbocycles. The highest BCUT2D eigenvalue weighted by molar-refractivity contribution is 6.08. The number of nitrogens with zero attached hydrogens (tertiary/aromatic N) is 2. The zero-order valence-electron chi connectivity index (χ0n) is 18.3.